The Morgan fingerprint density at radius 2 is 1.85 bits per heavy atom. The summed E-state index contributed by atoms with van der Waals surface area (Å²) >= 11 is 0. The zero-order valence-electron chi connectivity index (χ0n) is 14.8. The molecule has 1 atom stereocenters. The molecule has 2 heterocycles. The van der Waals surface area contributed by atoms with Crippen molar-refractivity contribution in [2.45, 2.75) is 19.9 Å². The Labute approximate surface area is 151 Å². The summed E-state index contributed by atoms with van der Waals surface area (Å²) in [7, 11) is 0. The number of benzene rings is 2. The van der Waals surface area contributed by atoms with Crippen LogP contribution in [0.25, 0.3) is 0 Å². The van der Waals surface area contributed by atoms with E-state index in [0.717, 1.165) is 11.3 Å². The lowest BCUT2D eigenvalue weighted by Crippen LogP contribution is -2.57. The first-order valence-electron chi connectivity index (χ1n) is 8.64. The first-order chi connectivity index (χ1) is 12.6. The zero-order valence-corrected chi connectivity index (χ0v) is 14.8. The van der Waals surface area contributed by atoms with Crippen LogP contribution in [0.15, 0.2) is 42.5 Å². The van der Waals surface area contributed by atoms with Gasteiger partial charge in [0.1, 0.15) is 6.04 Å². The summed E-state index contributed by atoms with van der Waals surface area (Å²) in [5.74, 6) is 1.12. The van der Waals surface area contributed by atoms with Crippen LogP contribution in [0.4, 0.5) is 5.69 Å². The number of fused-ring (bicyclic) bond motifs is 1. The van der Waals surface area contributed by atoms with Gasteiger partial charge in [0.15, 0.2) is 11.5 Å². The molecule has 1 fully saturated rings. The van der Waals surface area contributed by atoms with E-state index >= 15 is 0 Å². The fourth-order valence-electron chi connectivity index (χ4n) is 3.42. The maximum absolute atomic E-state index is 12.9. The Kier molecular flexibility index (Phi) is 4.03. The Balaban J connectivity index is 1.56. The lowest BCUT2D eigenvalue weighted by atomic mass is 10.0. The van der Waals surface area contributed by atoms with Crippen LogP contribution in [0.2, 0.25) is 0 Å². The average molecular weight is 352 g/mol. The van der Waals surface area contributed by atoms with E-state index in [1.807, 2.05) is 37.3 Å². The average Bonchev–Trinajstić information content (AvgIpc) is 3.11. The van der Waals surface area contributed by atoms with Crippen LogP contribution < -0.4 is 14.4 Å². The summed E-state index contributed by atoms with van der Waals surface area (Å²) in [6, 6.07) is 12.4. The van der Waals surface area contributed by atoms with Gasteiger partial charge in [-0.15, -0.1) is 0 Å². The van der Waals surface area contributed by atoms with Gasteiger partial charge in [0.25, 0.3) is 5.91 Å². The van der Waals surface area contributed by atoms with Gasteiger partial charge in [-0.25, -0.2) is 0 Å². The largest absolute Gasteiger partial charge is 0.454 e. The summed E-state index contributed by atoms with van der Waals surface area (Å²) in [5, 5.41) is 0. The van der Waals surface area contributed by atoms with Crippen molar-refractivity contribution in [2.24, 2.45) is 0 Å². The molecular weight excluding hydrogens is 332 g/mol. The molecule has 2 aliphatic heterocycles. The van der Waals surface area contributed by atoms with Crippen molar-refractivity contribution in [1.82, 2.24) is 4.90 Å². The second kappa shape index (κ2) is 6.37. The maximum Gasteiger partial charge on any atom is 0.254 e. The number of amides is 2. The molecular formula is C20H20N2O4. The number of hydrogen-bond donors (Lipinski definition) is 0. The van der Waals surface area contributed by atoms with Crippen molar-refractivity contribution in [2.75, 3.05) is 24.8 Å². The molecule has 26 heavy (non-hydrogen) atoms. The Morgan fingerprint density at radius 3 is 2.65 bits per heavy atom. The van der Waals surface area contributed by atoms with Crippen molar-refractivity contribution >= 4 is 17.5 Å². The standard InChI is InChI=1S/C20H20N2O4/c1-13-5-3-4-6-16(13)20(24)21-9-10-22(19(23)14(21)2)15-7-8-17-18(11-15)26-12-25-17/h3-8,11,14H,9-10,12H2,1-2H3. The predicted octanol–water partition coefficient (Wildman–Crippen LogP) is 2.60. The molecule has 1 saturated heterocycles. The van der Waals surface area contributed by atoms with E-state index in [1.165, 1.54) is 0 Å². The van der Waals surface area contributed by atoms with Crippen molar-refractivity contribution < 1.29 is 19.1 Å². The van der Waals surface area contributed by atoms with Gasteiger partial charge in [-0.3, -0.25) is 9.59 Å². The number of carbonyl (C=O) groups is 2. The number of anilines is 1. The Morgan fingerprint density at radius 1 is 1.08 bits per heavy atom. The van der Waals surface area contributed by atoms with E-state index in [-0.39, 0.29) is 18.6 Å². The molecule has 0 bridgehead atoms. The van der Waals surface area contributed by atoms with Crippen molar-refractivity contribution in [1.29, 1.82) is 0 Å². The number of aryl methyl sites for hydroxylation is 1. The topological polar surface area (TPSA) is 59.1 Å². The van der Waals surface area contributed by atoms with Gasteiger partial charge in [0, 0.05) is 30.4 Å². The van der Waals surface area contributed by atoms with Gasteiger partial charge in [0.2, 0.25) is 12.7 Å². The van der Waals surface area contributed by atoms with Crippen LogP contribution in [0.1, 0.15) is 22.8 Å². The van der Waals surface area contributed by atoms with Crippen LogP contribution in [-0.4, -0.2) is 42.6 Å². The zero-order chi connectivity index (χ0) is 18.3. The van der Waals surface area contributed by atoms with E-state index in [4.69, 9.17) is 9.47 Å². The quantitative estimate of drug-likeness (QED) is 0.834. The number of ether oxygens (including phenoxy) is 2. The smallest absolute Gasteiger partial charge is 0.254 e. The van der Waals surface area contributed by atoms with Crippen molar-refractivity contribution in [3.63, 3.8) is 0 Å². The normalized spacial score (nSPS) is 19.0. The van der Waals surface area contributed by atoms with Gasteiger partial charge in [-0.2, -0.15) is 0 Å². The summed E-state index contributed by atoms with van der Waals surface area (Å²) in [4.78, 5) is 29.2. The fourth-order valence-corrected chi connectivity index (χ4v) is 3.42. The van der Waals surface area contributed by atoms with Gasteiger partial charge >= 0.3 is 0 Å². The van der Waals surface area contributed by atoms with E-state index in [0.29, 0.717) is 30.2 Å². The number of carbonyl (C=O) groups excluding carboxylic acids is 2. The van der Waals surface area contributed by atoms with E-state index in [1.54, 1.807) is 28.9 Å². The van der Waals surface area contributed by atoms with Crippen LogP contribution in [0.3, 0.4) is 0 Å². The molecule has 2 amide bonds. The number of rotatable bonds is 2. The van der Waals surface area contributed by atoms with Gasteiger partial charge in [-0.05, 0) is 37.6 Å². The Bertz CT molecular complexity index is 880. The second-order valence-corrected chi connectivity index (χ2v) is 6.52. The summed E-state index contributed by atoms with van der Waals surface area (Å²) in [6.45, 7) is 4.80. The molecule has 0 saturated carbocycles. The molecule has 0 aliphatic carbocycles. The number of hydrogen-bond acceptors (Lipinski definition) is 4. The minimum Gasteiger partial charge on any atom is -0.454 e. The van der Waals surface area contributed by atoms with Crippen LogP contribution in [-0.2, 0) is 4.79 Å². The summed E-state index contributed by atoms with van der Waals surface area (Å²) < 4.78 is 10.7. The van der Waals surface area contributed by atoms with Gasteiger partial charge in [0.05, 0.1) is 0 Å². The van der Waals surface area contributed by atoms with Crippen LogP contribution in [0, 0.1) is 6.92 Å². The lowest BCUT2D eigenvalue weighted by molar-refractivity contribution is -0.124. The van der Waals surface area contributed by atoms with Crippen molar-refractivity contribution in [3.8, 4) is 11.5 Å². The first kappa shape index (κ1) is 16.4. The third-order valence-corrected chi connectivity index (χ3v) is 4.96. The van der Waals surface area contributed by atoms with Crippen LogP contribution in [0.5, 0.6) is 11.5 Å². The molecule has 134 valence electrons. The minimum absolute atomic E-state index is 0.1000. The van der Waals surface area contributed by atoms with Gasteiger partial charge < -0.3 is 19.3 Å². The molecule has 6 nitrogen and oxygen atoms in total. The van der Waals surface area contributed by atoms with Crippen molar-refractivity contribution in [3.05, 3.63) is 53.6 Å². The summed E-state index contributed by atoms with van der Waals surface area (Å²) in [5.41, 5.74) is 2.31. The summed E-state index contributed by atoms with van der Waals surface area (Å²) in [6.07, 6.45) is 0. The van der Waals surface area contributed by atoms with E-state index in [9.17, 15) is 9.59 Å². The second-order valence-electron chi connectivity index (χ2n) is 6.52. The minimum atomic E-state index is -0.527. The molecule has 2 aromatic rings. The third kappa shape index (κ3) is 2.67. The number of piperazine rings is 1. The molecule has 0 aromatic heterocycles. The number of nitrogens with zero attached hydrogens (tertiary/aromatic N) is 2. The van der Waals surface area contributed by atoms with Gasteiger partial charge in [-0.1, -0.05) is 18.2 Å². The van der Waals surface area contributed by atoms with Crippen LogP contribution >= 0.6 is 0 Å². The SMILES string of the molecule is Cc1ccccc1C(=O)N1CCN(c2ccc3c(c2)OCO3)C(=O)C1C. The van der Waals surface area contributed by atoms with E-state index in [2.05, 4.69) is 0 Å². The molecule has 1 unspecified atom stereocenters. The highest BCUT2D eigenvalue weighted by atomic mass is 16.7. The monoisotopic (exact) mass is 352 g/mol. The molecule has 0 N–H and O–H groups in total. The molecule has 2 aliphatic rings. The highest BCUT2D eigenvalue weighted by molar-refractivity contribution is 6.04. The molecule has 6 heteroatoms. The highest BCUT2D eigenvalue weighted by Crippen LogP contribution is 2.36. The molecule has 2 aromatic carbocycles. The molecule has 0 spiro atoms. The first-order valence-corrected chi connectivity index (χ1v) is 8.64. The molecule has 0 radical (unpaired) electrons. The van der Waals surface area contributed by atoms with E-state index < -0.39 is 6.04 Å². The highest BCUT2D eigenvalue weighted by Gasteiger charge is 2.36. The molecule has 4 rings (SSSR count). The predicted molar refractivity (Wildman–Crippen MR) is 96.6 cm³/mol. The maximum atomic E-state index is 12.9. The Hall–Kier alpha value is -3.02. The third-order valence-electron chi connectivity index (χ3n) is 4.96. The lowest BCUT2D eigenvalue weighted by Gasteiger charge is -2.39. The fraction of sp³-hybridized carbons (Fsp3) is 0.300.